The fraction of sp³-hybridized carbons (Fsp3) is 0.273. The van der Waals surface area contributed by atoms with Crippen molar-refractivity contribution in [3.05, 3.63) is 64.7 Å². The van der Waals surface area contributed by atoms with Gasteiger partial charge in [0.25, 0.3) is 11.8 Å². The van der Waals surface area contributed by atoms with Crippen LogP contribution in [-0.2, 0) is 9.59 Å². The number of anilines is 1. The average Bonchev–Trinajstić information content (AvgIpc) is 2.89. The van der Waals surface area contributed by atoms with Crippen LogP contribution < -0.4 is 9.64 Å². The molecule has 0 atom stereocenters. The molecule has 1 aliphatic heterocycles. The third kappa shape index (κ3) is 3.76. The molecule has 0 N–H and O–H groups in total. The molecule has 5 heteroatoms. The SMILES string of the molecule is CCCOc1ccc(C2=C(Cl)C(=O)N(c3ccc(C(C)C)cc3)C2=O)cc1. The van der Waals surface area contributed by atoms with Crippen molar-refractivity contribution < 1.29 is 14.3 Å². The quantitative estimate of drug-likeness (QED) is 0.650. The summed E-state index contributed by atoms with van der Waals surface area (Å²) in [5.74, 6) is 0.176. The Bertz CT molecular complexity index is 883. The summed E-state index contributed by atoms with van der Waals surface area (Å²) in [5.41, 5.74) is 2.48. The molecule has 0 fully saturated rings. The highest BCUT2D eigenvalue weighted by Gasteiger charge is 2.39. The molecule has 2 aromatic carbocycles. The van der Waals surface area contributed by atoms with Crippen molar-refractivity contribution in [1.29, 1.82) is 0 Å². The molecule has 1 heterocycles. The molecule has 0 spiro atoms. The van der Waals surface area contributed by atoms with Crippen LogP contribution >= 0.6 is 11.6 Å². The van der Waals surface area contributed by atoms with Crippen LogP contribution in [0.1, 0.15) is 44.2 Å². The first kappa shape index (κ1) is 19.2. The van der Waals surface area contributed by atoms with E-state index in [1.54, 1.807) is 36.4 Å². The first-order chi connectivity index (χ1) is 12.9. The van der Waals surface area contributed by atoms with Crippen LogP contribution in [0, 0.1) is 0 Å². The summed E-state index contributed by atoms with van der Waals surface area (Å²) >= 11 is 6.24. The second kappa shape index (κ2) is 7.97. The van der Waals surface area contributed by atoms with Crippen LogP contribution in [0.25, 0.3) is 5.57 Å². The summed E-state index contributed by atoms with van der Waals surface area (Å²) in [6.07, 6.45) is 0.913. The maximum absolute atomic E-state index is 12.9. The summed E-state index contributed by atoms with van der Waals surface area (Å²) in [7, 11) is 0. The van der Waals surface area contributed by atoms with E-state index in [-0.39, 0.29) is 10.6 Å². The molecule has 2 amide bonds. The van der Waals surface area contributed by atoms with Crippen molar-refractivity contribution in [3.8, 4) is 5.75 Å². The number of nitrogens with zero attached hydrogens (tertiary/aromatic N) is 1. The van der Waals surface area contributed by atoms with Crippen LogP contribution in [0.5, 0.6) is 5.75 Å². The van der Waals surface area contributed by atoms with Gasteiger partial charge in [-0.25, -0.2) is 4.90 Å². The second-order valence-electron chi connectivity index (χ2n) is 6.75. The Labute approximate surface area is 164 Å². The van der Waals surface area contributed by atoms with Gasteiger partial charge in [0, 0.05) is 0 Å². The minimum Gasteiger partial charge on any atom is -0.494 e. The molecule has 0 aromatic heterocycles. The molecule has 0 saturated heterocycles. The Morgan fingerprint density at radius 1 is 0.963 bits per heavy atom. The fourth-order valence-electron chi connectivity index (χ4n) is 2.93. The molecule has 0 saturated carbocycles. The zero-order valence-corrected chi connectivity index (χ0v) is 16.4. The van der Waals surface area contributed by atoms with E-state index in [2.05, 4.69) is 13.8 Å². The molecule has 1 aliphatic rings. The van der Waals surface area contributed by atoms with E-state index in [0.29, 0.717) is 23.8 Å². The lowest BCUT2D eigenvalue weighted by atomic mass is 10.0. The number of rotatable bonds is 6. The van der Waals surface area contributed by atoms with E-state index in [0.717, 1.165) is 22.6 Å². The molecular weight excluding hydrogens is 362 g/mol. The van der Waals surface area contributed by atoms with E-state index in [9.17, 15) is 9.59 Å². The highest BCUT2D eigenvalue weighted by atomic mass is 35.5. The van der Waals surface area contributed by atoms with Gasteiger partial charge in [0.15, 0.2) is 0 Å². The molecule has 0 aliphatic carbocycles. The lowest BCUT2D eigenvalue weighted by Gasteiger charge is -2.16. The Kier molecular flexibility index (Phi) is 5.66. The van der Waals surface area contributed by atoms with Crippen molar-refractivity contribution in [2.45, 2.75) is 33.1 Å². The minimum atomic E-state index is -0.500. The van der Waals surface area contributed by atoms with Crippen LogP contribution in [0.3, 0.4) is 0 Å². The minimum absolute atomic E-state index is 0.0600. The number of amides is 2. The standard InChI is InChI=1S/C22H22ClNO3/c1-4-13-27-18-11-7-16(8-12-18)19-20(23)22(26)24(21(19)25)17-9-5-15(6-10-17)14(2)3/h5-12,14H,4,13H2,1-3H3. The number of halogens is 1. The van der Waals surface area contributed by atoms with Gasteiger partial charge in [0.2, 0.25) is 0 Å². The van der Waals surface area contributed by atoms with E-state index in [4.69, 9.17) is 16.3 Å². The lowest BCUT2D eigenvalue weighted by Crippen LogP contribution is -2.31. The molecular formula is C22H22ClNO3. The van der Waals surface area contributed by atoms with E-state index < -0.39 is 11.8 Å². The third-order valence-corrected chi connectivity index (χ3v) is 4.81. The maximum atomic E-state index is 12.9. The van der Waals surface area contributed by atoms with Crippen molar-refractivity contribution in [2.75, 3.05) is 11.5 Å². The largest absolute Gasteiger partial charge is 0.494 e. The lowest BCUT2D eigenvalue weighted by molar-refractivity contribution is -0.119. The van der Waals surface area contributed by atoms with Crippen molar-refractivity contribution in [3.63, 3.8) is 0 Å². The van der Waals surface area contributed by atoms with E-state index in [1.165, 1.54) is 0 Å². The monoisotopic (exact) mass is 383 g/mol. The van der Waals surface area contributed by atoms with E-state index >= 15 is 0 Å². The van der Waals surface area contributed by atoms with Crippen molar-refractivity contribution in [1.82, 2.24) is 0 Å². The van der Waals surface area contributed by atoms with Crippen LogP contribution in [0.2, 0.25) is 0 Å². The summed E-state index contributed by atoms with van der Waals surface area (Å²) in [5, 5.41) is -0.0600. The van der Waals surface area contributed by atoms with Gasteiger partial charge in [-0.3, -0.25) is 9.59 Å². The Hall–Kier alpha value is -2.59. The maximum Gasteiger partial charge on any atom is 0.277 e. The van der Waals surface area contributed by atoms with Gasteiger partial charge in [-0.05, 0) is 47.7 Å². The second-order valence-corrected chi connectivity index (χ2v) is 7.13. The molecule has 0 bridgehead atoms. The summed E-state index contributed by atoms with van der Waals surface area (Å²) in [6.45, 7) is 6.83. The van der Waals surface area contributed by atoms with Crippen molar-refractivity contribution >= 4 is 34.7 Å². The van der Waals surface area contributed by atoms with Gasteiger partial charge >= 0.3 is 0 Å². The van der Waals surface area contributed by atoms with Gasteiger partial charge in [-0.2, -0.15) is 0 Å². The summed E-state index contributed by atoms with van der Waals surface area (Å²) in [4.78, 5) is 26.7. The fourth-order valence-corrected chi connectivity index (χ4v) is 3.21. The van der Waals surface area contributed by atoms with Crippen molar-refractivity contribution in [2.24, 2.45) is 0 Å². The van der Waals surface area contributed by atoms with Gasteiger partial charge in [-0.1, -0.05) is 56.6 Å². The first-order valence-electron chi connectivity index (χ1n) is 9.05. The predicted molar refractivity (Wildman–Crippen MR) is 108 cm³/mol. The molecule has 3 rings (SSSR count). The molecule has 0 unspecified atom stereocenters. The van der Waals surface area contributed by atoms with Crippen LogP contribution in [-0.4, -0.2) is 18.4 Å². The molecule has 140 valence electrons. The van der Waals surface area contributed by atoms with Gasteiger partial charge < -0.3 is 4.74 Å². The number of hydrogen-bond donors (Lipinski definition) is 0. The Morgan fingerprint density at radius 2 is 1.59 bits per heavy atom. The number of hydrogen-bond acceptors (Lipinski definition) is 3. The number of imide groups is 1. The third-order valence-electron chi connectivity index (χ3n) is 4.46. The molecule has 27 heavy (non-hydrogen) atoms. The Morgan fingerprint density at radius 3 is 2.15 bits per heavy atom. The highest BCUT2D eigenvalue weighted by Crippen LogP contribution is 2.35. The van der Waals surface area contributed by atoms with E-state index in [1.807, 2.05) is 19.1 Å². The highest BCUT2D eigenvalue weighted by molar-refractivity contribution is 6.60. The van der Waals surface area contributed by atoms with Gasteiger partial charge in [-0.15, -0.1) is 0 Å². The van der Waals surface area contributed by atoms with Gasteiger partial charge in [0.1, 0.15) is 10.8 Å². The number of carbonyl (C=O) groups is 2. The smallest absolute Gasteiger partial charge is 0.277 e. The van der Waals surface area contributed by atoms with Crippen LogP contribution in [0.4, 0.5) is 5.69 Å². The number of benzene rings is 2. The van der Waals surface area contributed by atoms with Crippen LogP contribution in [0.15, 0.2) is 53.6 Å². The first-order valence-corrected chi connectivity index (χ1v) is 9.43. The molecule has 4 nitrogen and oxygen atoms in total. The zero-order valence-electron chi connectivity index (χ0n) is 15.7. The summed E-state index contributed by atoms with van der Waals surface area (Å²) < 4.78 is 5.56. The molecule has 2 aromatic rings. The Balaban J connectivity index is 1.87. The average molecular weight is 384 g/mol. The number of carbonyl (C=O) groups excluding carboxylic acids is 2. The topological polar surface area (TPSA) is 46.6 Å². The van der Waals surface area contributed by atoms with Gasteiger partial charge in [0.05, 0.1) is 17.9 Å². The predicted octanol–water partition coefficient (Wildman–Crippen LogP) is 5.12. The summed E-state index contributed by atoms with van der Waals surface area (Å²) in [6, 6.07) is 14.5. The number of ether oxygens (including phenoxy) is 1. The normalized spacial score (nSPS) is 14.5. The zero-order chi connectivity index (χ0) is 19.6. The molecule has 0 radical (unpaired) electrons.